The van der Waals surface area contributed by atoms with Crippen LogP contribution in [-0.4, -0.2) is 40.0 Å². The smallest absolute Gasteiger partial charge is 0.344 e. The number of nitrogens with one attached hydrogen (secondary N) is 1. The first-order chi connectivity index (χ1) is 13.7. The van der Waals surface area contributed by atoms with Crippen LogP contribution < -0.4 is 10.1 Å². The van der Waals surface area contributed by atoms with E-state index >= 15 is 0 Å². The van der Waals surface area contributed by atoms with Crippen molar-refractivity contribution in [3.05, 3.63) is 58.7 Å². The average Bonchev–Trinajstić information content (AvgIpc) is 2.68. The highest BCUT2D eigenvalue weighted by molar-refractivity contribution is 5.72. The number of phenolic OH excluding ortho intramolecular Hbond substituents is 1. The van der Waals surface area contributed by atoms with E-state index in [2.05, 4.69) is 5.32 Å². The molecule has 2 rings (SSSR count). The van der Waals surface area contributed by atoms with E-state index in [1.165, 1.54) is 0 Å². The molecule has 6 heteroatoms. The molecule has 0 saturated heterocycles. The van der Waals surface area contributed by atoms with E-state index in [1.54, 1.807) is 31.2 Å². The first-order valence-electron chi connectivity index (χ1n) is 9.92. The lowest BCUT2D eigenvalue weighted by atomic mass is 10.0. The van der Waals surface area contributed by atoms with E-state index < -0.39 is 18.2 Å². The van der Waals surface area contributed by atoms with Crippen molar-refractivity contribution in [2.45, 2.75) is 58.8 Å². The first-order valence-corrected chi connectivity index (χ1v) is 9.92. The van der Waals surface area contributed by atoms with Gasteiger partial charge in [-0.3, -0.25) is 0 Å². The maximum absolute atomic E-state index is 11.2. The largest absolute Gasteiger partial charge is 0.508 e. The van der Waals surface area contributed by atoms with E-state index in [0.717, 1.165) is 28.7 Å². The second-order valence-electron chi connectivity index (χ2n) is 7.43. The molecule has 0 bridgehead atoms. The molecule has 3 atom stereocenters. The second-order valence-corrected chi connectivity index (χ2v) is 7.43. The van der Waals surface area contributed by atoms with Crippen molar-refractivity contribution < 1.29 is 24.9 Å². The summed E-state index contributed by atoms with van der Waals surface area (Å²) in [6.07, 6.45) is -0.338. The van der Waals surface area contributed by atoms with Crippen LogP contribution in [0.1, 0.15) is 48.6 Å². The van der Waals surface area contributed by atoms with Gasteiger partial charge in [0.15, 0.2) is 6.10 Å². The fourth-order valence-corrected chi connectivity index (χ4v) is 3.21. The fraction of sp³-hybridized carbons (Fsp3) is 0.435. The van der Waals surface area contributed by atoms with Crippen molar-refractivity contribution in [3.8, 4) is 11.5 Å². The number of carbonyl (C=O) groups is 1. The lowest BCUT2D eigenvalue weighted by molar-refractivity contribution is -0.145. The summed E-state index contributed by atoms with van der Waals surface area (Å²) in [6, 6.07) is 10.3. The zero-order chi connectivity index (χ0) is 21.6. The third-order valence-electron chi connectivity index (χ3n) is 5.12. The number of aryl methyl sites for hydroxylation is 2. The van der Waals surface area contributed by atoms with Crippen molar-refractivity contribution in [1.29, 1.82) is 0 Å². The number of hydrogen-bond donors (Lipinski definition) is 4. The molecule has 2 aromatic rings. The Morgan fingerprint density at radius 1 is 1.14 bits per heavy atom. The molecule has 0 aromatic heterocycles. The Morgan fingerprint density at radius 2 is 1.79 bits per heavy atom. The van der Waals surface area contributed by atoms with Gasteiger partial charge in [-0.2, -0.15) is 0 Å². The maximum atomic E-state index is 11.2. The summed E-state index contributed by atoms with van der Waals surface area (Å²) in [6.45, 7) is 8.29. The molecule has 4 N–H and O–H groups in total. The van der Waals surface area contributed by atoms with Crippen molar-refractivity contribution >= 4 is 5.97 Å². The van der Waals surface area contributed by atoms with Gasteiger partial charge in [0.2, 0.25) is 0 Å². The van der Waals surface area contributed by atoms with E-state index in [9.17, 15) is 20.1 Å². The third-order valence-corrected chi connectivity index (χ3v) is 5.12. The molecule has 0 aliphatic heterocycles. The molecule has 0 saturated carbocycles. The van der Waals surface area contributed by atoms with Gasteiger partial charge in [-0.05, 0) is 80.6 Å². The van der Waals surface area contributed by atoms with Crippen LogP contribution in [0.2, 0.25) is 0 Å². The molecule has 0 aliphatic rings. The summed E-state index contributed by atoms with van der Waals surface area (Å²) in [7, 11) is 0. The van der Waals surface area contributed by atoms with Crippen molar-refractivity contribution in [1.82, 2.24) is 5.32 Å². The monoisotopic (exact) mass is 401 g/mol. The predicted molar refractivity (Wildman–Crippen MR) is 112 cm³/mol. The van der Waals surface area contributed by atoms with Crippen molar-refractivity contribution in [2.75, 3.05) is 6.54 Å². The molecule has 158 valence electrons. The van der Waals surface area contributed by atoms with Gasteiger partial charge < -0.3 is 25.4 Å². The van der Waals surface area contributed by atoms with Gasteiger partial charge in [-0.1, -0.05) is 25.1 Å². The normalized spacial score (nSPS) is 14.2. The number of rotatable bonds is 10. The minimum absolute atomic E-state index is 0.149. The van der Waals surface area contributed by atoms with Crippen molar-refractivity contribution in [3.63, 3.8) is 0 Å². The zero-order valence-corrected chi connectivity index (χ0v) is 17.5. The lowest BCUT2D eigenvalue weighted by Gasteiger charge is -2.21. The number of carboxylic acid groups (broad SMARTS) is 1. The first kappa shape index (κ1) is 22.7. The minimum Gasteiger partial charge on any atom is -0.508 e. The van der Waals surface area contributed by atoms with Crippen LogP contribution in [0.4, 0.5) is 0 Å². The second kappa shape index (κ2) is 10.3. The molecule has 0 spiro atoms. The fourth-order valence-electron chi connectivity index (χ4n) is 3.21. The maximum Gasteiger partial charge on any atom is 0.344 e. The highest BCUT2D eigenvalue weighted by atomic mass is 16.5. The Labute approximate surface area is 172 Å². The summed E-state index contributed by atoms with van der Waals surface area (Å²) >= 11 is 0. The van der Waals surface area contributed by atoms with Crippen LogP contribution >= 0.6 is 0 Å². The van der Waals surface area contributed by atoms with Gasteiger partial charge in [0, 0.05) is 6.04 Å². The van der Waals surface area contributed by atoms with E-state index in [4.69, 9.17) is 4.74 Å². The molecular formula is C23H31NO5. The molecule has 0 radical (unpaired) electrons. The van der Waals surface area contributed by atoms with Crippen LogP contribution in [0.25, 0.3) is 0 Å². The Morgan fingerprint density at radius 3 is 2.38 bits per heavy atom. The highest BCUT2D eigenvalue weighted by Crippen LogP contribution is 2.25. The number of aliphatic hydroxyl groups is 1. The summed E-state index contributed by atoms with van der Waals surface area (Å²) in [5.74, 6) is -0.183. The molecule has 0 fully saturated rings. The SMILES string of the molecule is CCC(Oc1cc(C)c(CCN[C@@H](C)[C@@H](O)c2ccc(O)cc2)cc1C)C(=O)O. The number of benzene rings is 2. The molecule has 6 nitrogen and oxygen atoms in total. The standard InChI is InChI=1S/C23H31NO5/c1-5-20(23(27)28)29-21-13-14(2)18(12-15(21)3)10-11-24-16(4)22(26)17-6-8-19(25)9-7-17/h6-9,12-13,16,20,22,24-26H,5,10-11H2,1-4H3,(H,27,28)/t16-,20?,22+/m0/s1. The minimum atomic E-state index is -0.959. The number of aromatic hydroxyl groups is 1. The van der Waals surface area contributed by atoms with Gasteiger partial charge in [0.1, 0.15) is 11.5 Å². The molecular weight excluding hydrogens is 370 g/mol. The quantitative estimate of drug-likeness (QED) is 0.486. The summed E-state index contributed by atoms with van der Waals surface area (Å²) < 4.78 is 5.66. The van der Waals surface area contributed by atoms with Gasteiger partial charge in [0.05, 0.1) is 6.10 Å². The van der Waals surface area contributed by atoms with Crippen LogP contribution in [0, 0.1) is 13.8 Å². The number of hydrogen-bond acceptors (Lipinski definition) is 5. The average molecular weight is 402 g/mol. The molecule has 0 heterocycles. The summed E-state index contributed by atoms with van der Waals surface area (Å²) in [4.78, 5) is 11.2. The lowest BCUT2D eigenvalue weighted by Crippen LogP contribution is -2.33. The number of ether oxygens (including phenoxy) is 1. The molecule has 0 aliphatic carbocycles. The van der Waals surface area contributed by atoms with Gasteiger partial charge >= 0.3 is 5.97 Å². The summed E-state index contributed by atoms with van der Waals surface area (Å²) in [5.41, 5.74) is 3.85. The van der Waals surface area contributed by atoms with Crippen LogP contribution in [0.3, 0.4) is 0 Å². The van der Waals surface area contributed by atoms with Crippen LogP contribution in [-0.2, 0) is 11.2 Å². The Bertz CT molecular complexity index is 819. The molecule has 1 unspecified atom stereocenters. The van der Waals surface area contributed by atoms with Gasteiger partial charge in [-0.15, -0.1) is 0 Å². The molecule has 0 amide bonds. The number of aliphatic hydroxyl groups excluding tert-OH is 1. The third kappa shape index (κ3) is 6.21. The van der Waals surface area contributed by atoms with Crippen molar-refractivity contribution in [2.24, 2.45) is 0 Å². The number of aliphatic carboxylic acids is 1. The Balaban J connectivity index is 1.95. The molecule has 2 aromatic carbocycles. The van der Waals surface area contributed by atoms with E-state index in [-0.39, 0.29) is 11.8 Å². The predicted octanol–water partition coefficient (Wildman–Crippen LogP) is 3.51. The number of phenols is 1. The van der Waals surface area contributed by atoms with E-state index in [0.29, 0.717) is 18.7 Å². The summed E-state index contributed by atoms with van der Waals surface area (Å²) in [5, 5.41) is 32.4. The van der Waals surface area contributed by atoms with Crippen LogP contribution in [0.15, 0.2) is 36.4 Å². The van der Waals surface area contributed by atoms with E-state index in [1.807, 2.05) is 32.9 Å². The molecule has 29 heavy (non-hydrogen) atoms. The zero-order valence-electron chi connectivity index (χ0n) is 17.5. The Kier molecular flexibility index (Phi) is 8.05. The van der Waals surface area contributed by atoms with Crippen LogP contribution in [0.5, 0.6) is 11.5 Å². The Hall–Kier alpha value is -2.57. The van der Waals surface area contributed by atoms with Gasteiger partial charge in [0.25, 0.3) is 0 Å². The number of carboxylic acids is 1. The van der Waals surface area contributed by atoms with Gasteiger partial charge in [-0.25, -0.2) is 4.79 Å². The highest BCUT2D eigenvalue weighted by Gasteiger charge is 2.19. The topological polar surface area (TPSA) is 99.0 Å².